The van der Waals surface area contributed by atoms with Crippen molar-refractivity contribution >= 4 is 35.2 Å². The van der Waals surface area contributed by atoms with Gasteiger partial charge in [-0.25, -0.2) is 4.39 Å². The summed E-state index contributed by atoms with van der Waals surface area (Å²) in [6, 6.07) is 11.8. The molecular weight excluding hydrogens is 305 g/mol. The van der Waals surface area contributed by atoms with Crippen LogP contribution in [0.25, 0.3) is 0 Å². The summed E-state index contributed by atoms with van der Waals surface area (Å²) in [7, 11) is 0. The Kier molecular flexibility index (Phi) is 5.16. The van der Waals surface area contributed by atoms with Crippen LogP contribution >= 0.6 is 12.2 Å². The van der Waals surface area contributed by atoms with Crippen LogP contribution in [-0.2, 0) is 0 Å². The fraction of sp³-hybridized carbons (Fsp3) is 0. The van der Waals surface area contributed by atoms with Crippen LogP contribution in [-0.4, -0.2) is 17.3 Å². The summed E-state index contributed by atoms with van der Waals surface area (Å²) in [5, 5.41) is 17.6. The highest BCUT2D eigenvalue weighted by atomic mass is 32.1. The average Bonchev–Trinajstić information content (AvgIpc) is 2.49. The zero-order valence-electron chi connectivity index (χ0n) is 11.2. The van der Waals surface area contributed by atoms with E-state index in [9.17, 15) is 14.3 Å². The second-order valence-electron chi connectivity index (χ2n) is 4.24. The Labute approximate surface area is 131 Å². The molecule has 0 radical (unpaired) electrons. The Hall–Kier alpha value is -2.80. The number of carbonyl (C=O) groups excluding carboxylic acids is 1. The van der Waals surface area contributed by atoms with Gasteiger partial charge in [0.15, 0.2) is 5.11 Å². The van der Waals surface area contributed by atoms with Crippen LogP contribution in [0.1, 0.15) is 15.9 Å². The topological polar surface area (TPSA) is 76.5 Å². The molecule has 2 N–H and O–H groups in total. The molecule has 2 rings (SSSR count). The first-order valence-electron chi connectivity index (χ1n) is 6.21. The highest BCUT2D eigenvalue weighted by Gasteiger charge is 1.99. The van der Waals surface area contributed by atoms with Crippen molar-refractivity contribution in [3.63, 3.8) is 0 Å². The molecule has 22 heavy (non-hydrogen) atoms. The number of halogens is 1. The Morgan fingerprint density at radius 2 is 1.95 bits per heavy atom. The molecule has 2 aromatic carbocycles. The summed E-state index contributed by atoms with van der Waals surface area (Å²) in [6.07, 6.45) is 1.48. The normalized spacial score (nSPS) is 10.4. The van der Waals surface area contributed by atoms with E-state index < -0.39 is 5.97 Å². The summed E-state index contributed by atoms with van der Waals surface area (Å²) in [5.74, 6) is -1.59. The zero-order valence-corrected chi connectivity index (χ0v) is 12.1. The van der Waals surface area contributed by atoms with E-state index in [1.165, 1.54) is 30.5 Å². The molecule has 2 aromatic rings. The lowest BCUT2D eigenvalue weighted by Gasteiger charge is -2.09. The summed E-state index contributed by atoms with van der Waals surface area (Å²) < 4.78 is 12.7. The standard InChI is InChI=1S/C15H12FN3O2S/c16-12-6-4-10(5-7-12)9-17-19-15(22)18-13-3-1-2-11(8-13)14(20)21/h1-9H,(H,20,21)(H2,18,19,22)/p-1. The minimum absolute atomic E-state index is 0.0441. The number of thiocarbonyl (C=S) groups is 1. The Balaban J connectivity index is 1.91. The maximum atomic E-state index is 12.7. The smallest absolute Gasteiger partial charge is 0.191 e. The molecule has 0 bridgehead atoms. The van der Waals surface area contributed by atoms with Gasteiger partial charge in [0.25, 0.3) is 0 Å². The van der Waals surface area contributed by atoms with Crippen molar-refractivity contribution in [2.24, 2.45) is 5.10 Å². The molecule has 0 heterocycles. The number of anilines is 1. The van der Waals surface area contributed by atoms with E-state index in [4.69, 9.17) is 12.2 Å². The van der Waals surface area contributed by atoms with Crippen LogP contribution in [0.4, 0.5) is 10.1 Å². The van der Waals surface area contributed by atoms with Crippen LogP contribution < -0.4 is 15.8 Å². The van der Waals surface area contributed by atoms with Gasteiger partial charge in [0.05, 0.1) is 12.2 Å². The fourth-order valence-corrected chi connectivity index (χ4v) is 1.77. The first-order chi connectivity index (χ1) is 10.5. The minimum atomic E-state index is -1.27. The summed E-state index contributed by atoms with van der Waals surface area (Å²) >= 11 is 5.02. The van der Waals surface area contributed by atoms with Gasteiger partial charge in [0.2, 0.25) is 0 Å². The quantitative estimate of drug-likeness (QED) is 0.508. The fourth-order valence-electron chi connectivity index (χ4n) is 1.60. The van der Waals surface area contributed by atoms with Crippen LogP contribution in [0.5, 0.6) is 0 Å². The van der Waals surface area contributed by atoms with E-state index in [-0.39, 0.29) is 16.5 Å². The Morgan fingerprint density at radius 1 is 1.23 bits per heavy atom. The van der Waals surface area contributed by atoms with Gasteiger partial charge < -0.3 is 15.2 Å². The van der Waals surface area contributed by atoms with Crippen molar-refractivity contribution in [1.29, 1.82) is 0 Å². The molecule has 0 aliphatic carbocycles. The third-order valence-corrected chi connectivity index (χ3v) is 2.80. The second kappa shape index (κ2) is 7.28. The van der Waals surface area contributed by atoms with Gasteiger partial charge in [-0.1, -0.05) is 24.3 Å². The molecule has 0 saturated carbocycles. The largest absolute Gasteiger partial charge is 0.545 e. The predicted octanol–water partition coefficient (Wildman–Crippen LogP) is 1.51. The molecule has 0 aliphatic rings. The third-order valence-electron chi connectivity index (χ3n) is 2.61. The zero-order chi connectivity index (χ0) is 15.9. The van der Waals surface area contributed by atoms with Crippen LogP contribution in [0.3, 0.4) is 0 Å². The van der Waals surface area contributed by atoms with Crippen molar-refractivity contribution in [1.82, 2.24) is 5.43 Å². The van der Waals surface area contributed by atoms with Crippen molar-refractivity contribution in [3.8, 4) is 0 Å². The monoisotopic (exact) mass is 316 g/mol. The maximum absolute atomic E-state index is 12.7. The average molecular weight is 316 g/mol. The predicted molar refractivity (Wildman–Crippen MR) is 84.1 cm³/mol. The van der Waals surface area contributed by atoms with Crippen LogP contribution in [0.15, 0.2) is 53.6 Å². The Bertz CT molecular complexity index is 717. The molecule has 0 aromatic heterocycles. The van der Waals surface area contributed by atoms with Crippen molar-refractivity contribution in [2.45, 2.75) is 0 Å². The summed E-state index contributed by atoms with van der Waals surface area (Å²) in [6.45, 7) is 0. The molecule has 0 unspecified atom stereocenters. The molecule has 0 amide bonds. The van der Waals surface area contributed by atoms with E-state index in [0.717, 1.165) is 0 Å². The number of carboxylic acids is 1. The number of rotatable bonds is 4. The molecule has 7 heteroatoms. The molecule has 0 atom stereocenters. The van der Waals surface area contributed by atoms with Crippen LogP contribution in [0.2, 0.25) is 0 Å². The molecule has 112 valence electrons. The van der Waals surface area contributed by atoms with Gasteiger partial charge >= 0.3 is 0 Å². The van der Waals surface area contributed by atoms with Gasteiger partial charge in [0.1, 0.15) is 5.82 Å². The molecular formula is C15H11FN3O2S-. The van der Waals surface area contributed by atoms with Crippen molar-refractivity contribution in [3.05, 3.63) is 65.5 Å². The van der Waals surface area contributed by atoms with Gasteiger partial charge in [-0.15, -0.1) is 0 Å². The lowest BCUT2D eigenvalue weighted by atomic mass is 10.2. The number of aromatic carboxylic acids is 1. The first-order valence-corrected chi connectivity index (χ1v) is 6.62. The number of hydrogen-bond donors (Lipinski definition) is 2. The van der Waals surface area contributed by atoms with E-state index >= 15 is 0 Å². The van der Waals surface area contributed by atoms with Gasteiger partial charge in [-0.05, 0) is 47.6 Å². The van der Waals surface area contributed by atoms with E-state index in [1.54, 1.807) is 24.3 Å². The van der Waals surface area contributed by atoms with Gasteiger partial charge in [0, 0.05) is 5.69 Å². The highest BCUT2D eigenvalue weighted by molar-refractivity contribution is 7.80. The number of carboxylic acid groups (broad SMARTS) is 1. The van der Waals surface area contributed by atoms with Crippen LogP contribution in [0, 0.1) is 5.82 Å². The molecule has 0 spiro atoms. The first kappa shape index (κ1) is 15.6. The summed E-state index contributed by atoms with van der Waals surface area (Å²) in [5.41, 5.74) is 3.82. The number of hydrogen-bond acceptors (Lipinski definition) is 4. The molecule has 0 saturated heterocycles. The maximum Gasteiger partial charge on any atom is 0.191 e. The lowest BCUT2D eigenvalue weighted by Crippen LogP contribution is -2.25. The number of hydrazone groups is 1. The van der Waals surface area contributed by atoms with Crippen molar-refractivity contribution < 1.29 is 14.3 Å². The number of nitrogens with one attached hydrogen (secondary N) is 2. The SMILES string of the molecule is O=C([O-])c1cccc(NC(=S)NN=Cc2ccc(F)cc2)c1. The molecule has 0 aliphatic heterocycles. The van der Waals surface area contributed by atoms with E-state index in [2.05, 4.69) is 15.8 Å². The van der Waals surface area contributed by atoms with Crippen molar-refractivity contribution in [2.75, 3.05) is 5.32 Å². The highest BCUT2D eigenvalue weighted by Crippen LogP contribution is 2.09. The molecule has 5 nitrogen and oxygen atoms in total. The number of carbonyl (C=O) groups is 1. The minimum Gasteiger partial charge on any atom is -0.545 e. The molecule has 0 fully saturated rings. The number of benzene rings is 2. The van der Waals surface area contributed by atoms with Gasteiger partial charge in [-0.3, -0.25) is 5.43 Å². The Morgan fingerprint density at radius 3 is 2.64 bits per heavy atom. The van der Waals surface area contributed by atoms with E-state index in [0.29, 0.717) is 11.3 Å². The lowest BCUT2D eigenvalue weighted by molar-refractivity contribution is -0.255. The van der Waals surface area contributed by atoms with E-state index in [1.807, 2.05) is 0 Å². The summed E-state index contributed by atoms with van der Waals surface area (Å²) in [4.78, 5) is 10.8. The third kappa shape index (κ3) is 4.64. The second-order valence-corrected chi connectivity index (χ2v) is 4.65. The number of nitrogens with zero attached hydrogens (tertiary/aromatic N) is 1. The van der Waals surface area contributed by atoms with Gasteiger partial charge in [-0.2, -0.15) is 5.10 Å².